The summed E-state index contributed by atoms with van der Waals surface area (Å²) in [5, 5.41) is 3.64. The van der Waals surface area contributed by atoms with E-state index >= 15 is 0 Å². The first-order valence-corrected chi connectivity index (χ1v) is 9.84. The third-order valence-electron chi connectivity index (χ3n) is 5.11. The Morgan fingerprint density at radius 1 is 1.14 bits per heavy atom. The van der Waals surface area contributed by atoms with Gasteiger partial charge in [-0.15, -0.1) is 0 Å². The van der Waals surface area contributed by atoms with Gasteiger partial charge in [-0.3, -0.25) is 9.36 Å². The SMILES string of the molecule is Cc1ccc(C(=O)NC2CC2)cc1-n1cnc2c(-c3ccccc3Cl)ncnc21. The van der Waals surface area contributed by atoms with Gasteiger partial charge in [0.2, 0.25) is 0 Å². The lowest BCUT2D eigenvalue weighted by atomic mass is 10.1. The molecule has 0 saturated heterocycles. The molecule has 0 atom stereocenters. The molecule has 4 aromatic rings. The van der Waals surface area contributed by atoms with Gasteiger partial charge in [0.1, 0.15) is 23.9 Å². The number of aryl methyl sites for hydroxylation is 1. The van der Waals surface area contributed by atoms with Crippen LogP contribution < -0.4 is 5.32 Å². The van der Waals surface area contributed by atoms with E-state index in [1.807, 2.05) is 54.0 Å². The molecule has 1 aliphatic rings. The highest BCUT2D eigenvalue weighted by atomic mass is 35.5. The summed E-state index contributed by atoms with van der Waals surface area (Å²) in [4.78, 5) is 25.9. The van der Waals surface area contributed by atoms with Gasteiger partial charge < -0.3 is 5.32 Å². The minimum Gasteiger partial charge on any atom is -0.349 e. The van der Waals surface area contributed by atoms with Crippen molar-refractivity contribution in [1.29, 1.82) is 0 Å². The van der Waals surface area contributed by atoms with E-state index in [4.69, 9.17) is 11.6 Å². The zero-order chi connectivity index (χ0) is 20.0. The van der Waals surface area contributed by atoms with E-state index in [0.717, 1.165) is 29.7 Å². The van der Waals surface area contributed by atoms with E-state index in [1.54, 1.807) is 6.33 Å². The van der Waals surface area contributed by atoms with Gasteiger partial charge in [-0.05, 0) is 43.5 Å². The van der Waals surface area contributed by atoms with Crippen molar-refractivity contribution in [3.05, 3.63) is 71.3 Å². The fourth-order valence-electron chi connectivity index (χ4n) is 3.37. The molecule has 1 amide bonds. The van der Waals surface area contributed by atoms with Crippen LogP contribution in [0, 0.1) is 6.92 Å². The Bertz CT molecular complexity index is 1250. The molecule has 1 saturated carbocycles. The first-order chi connectivity index (χ1) is 14.1. The molecule has 1 aliphatic carbocycles. The Hall–Kier alpha value is -3.25. The van der Waals surface area contributed by atoms with Crippen LogP contribution in [0.15, 0.2) is 55.1 Å². The second kappa shape index (κ2) is 6.97. The summed E-state index contributed by atoms with van der Waals surface area (Å²) >= 11 is 6.37. The predicted octanol–water partition coefficient (Wildman–Crippen LogP) is 4.34. The third-order valence-corrected chi connectivity index (χ3v) is 5.44. The number of amides is 1. The Balaban J connectivity index is 1.62. The fraction of sp³-hybridized carbons (Fsp3) is 0.182. The molecule has 1 fully saturated rings. The number of rotatable bonds is 4. The molecule has 2 aromatic heterocycles. The summed E-state index contributed by atoms with van der Waals surface area (Å²) in [5.74, 6) is -0.0513. The lowest BCUT2D eigenvalue weighted by molar-refractivity contribution is 0.0951. The summed E-state index contributed by atoms with van der Waals surface area (Å²) < 4.78 is 1.89. The number of fused-ring (bicyclic) bond motifs is 1. The van der Waals surface area contributed by atoms with Gasteiger partial charge >= 0.3 is 0 Å². The highest BCUT2D eigenvalue weighted by Gasteiger charge is 2.24. The van der Waals surface area contributed by atoms with Crippen LogP contribution in [0.25, 0.3) is 28.1 Å². The number of nitrogens with one attached hydrogen (secondary N) is 1. The molecular weight excluding hydrogens is 386 g/mol. The fourth-order valence-corrected chi connectivity index (χ4v) is 3.59. The van der Waals surface area contributed by atoms with E-state index in [1.165, 1.54) is 6.33 Å². The summed E-state index contributed by atoms with van der Waals surface area (Å²) in [7, 11) is 0. The Morgan fingerprint density at radius 3 is 2.76 bits per heavy atom. The van der Waals surface area contributed by atoms with E-state index < -0.39 is 0 Å². The van der Waals surface area contributed by atoms with Crippen molar-refractivity contribution in [2.45, 2.75) is 25.8 Å². The van der Waals surface area contributed by atoms with Crippen molar-refractivity contribution in [3.8, 4) is 16.9 Å². The minimum atomic E-state index is -0.0513. The van der Waals surface area contributed by atoms with Gasteiger partial charge in [0.25, 0.3) is 5.91 Å². The van der Waals surface area contributed by atoms with Crippen molar-refractivity contribution < 1.29 is 4.79 Å². The Morgan fingerprint density at radius 2 is 1.97 bits per heavy atom. The van der Waals surface area contributed by atoms with Crippen LogP contribution in [0.2, 0.25) is 5.02 Å². The maximum atomic E-state index is 12.5. The number of imidazole rings is 1. The molecular formula is C22H18ClN5O. The van der Waals surface area contributed by atoms with Crippen LogP contribution in [-0.2, 0) is 0 Å². The molecule has 7 heteroatoms. The van der Waals surface area contributed by atoms with Crippen molar-refractivity contribution in [2.24, 2.45) is 0 Å². The Labute approximate surface area is 172 Å². The smallest absolute Gasteiger partial charge is 0.251 e. The molecule has 6 nitrogen and oxygen atoms in total. The molecule has 2 heterocycles. The van der Waals surface area contributed by atoms with Crippen LogP contribution in [-0.4, -0.2) is 31.5 Å². The summed E-state index contributed by atoms with van der Waals surface area (Å²) in [5.41, 5.74) is 5.32. The number of hydrogen-bond acceptors (Lipinski definition) is 4. The molecule has 29 heavy (non-hydrogen) atoms. The van der Waals surface area contributed by atoms with Gasteiger partial charge in [0.05, 0.1) is 10.7 Å². The van der Waals surface area contributed by atoms with E-state index in [2.05, 4.69) is 20.3 Å². The highest BCUT2D eigenvalue weighted by Crippen LogP contribution is 2.31. The third kappa shape index (κ3) is 3.25. The topological polar surface area (TPSA) is 72.7 Å². The van der Waals surface area contributed by atoms with Gasteiger partial charge in [-0.25, -0.2) is 15.0 Å². The molecule has 5 rings (SSSR count). The lowest BCUT2D eigenvalue weighted by Gasteiger charge is -2.11. The second-order valence-electron chi connectivity index (χ2n) is 7.24. The molecule has 1 N–H and O–H groups in total. The van der Waals surface area contributed by atoms with Crippen molar-refractivity contribution in [1.82, 2.24) is 24.8 Å². The van der Waals surface area contributed by atoms with Crippen LogP contribution in [0.5, 0.6) is 0 Å². The lowest BCUT2D eigenvalue weighted by Crippen LogP contribution is -2.25. The standard InChI is InChI=1S/C22H18ClN5O/c1-13-6-7-14(22(29)27-15-8-9-15)10-18(13)28-12-26-20-19(24-11-25-21(20)28)16-4-2-3-5-17(16)23/h2-7,10-12,15H,8-9H2,1H3,(H,27,29). The number of aromatic nitrogens is 4. The summed E-state index contributed by atoms with van der Waals surface area (Å²) in [6.45, 7) is 2.00. The van der Waals surface area contributed by atoms with Crippen LogP contribution in [0.4, 0.5) is 0 Å². The van der Waals surface area contributed by atoms with Crippen molar-refractivity contribution >= 4 is 28.7 Å². The highest BCUT2D eigenvalue weighted by molar-refractivity contribution is 6.33. The van der Waals surface area contributed by atoms with Crippen LogP contribution >= 0.6 is 11.6 Å². The number of carbonyl (C=O) groups excluding carboxylic acids is 1. The van der Waals surface area contributed by atoms with Crippen molar-refractivity contribution in [2.75, 3.05) is 0 Å². The van der Waals surface area contributed by atoms with Crippen molar-refractivity contribution in [3.63, 3.8) is 0 Å². The molecule has 0 unspecified atom stereocenters. The predicted molar refractivity (Wildman–Crippen MR) is 112 cm³/mol. The molecule has 144 valence electrons. The average molecular weight is 404 g/mol. The number of carbonyl (C=O) groups is 1. The van der Waals surface area contributed by atoms with Gasteiger partial charge in [0, 0.05) is 17.2 Å². The first kappa shape index (κ1) is 17.8. The summed E-state index contributed by atoms with van der Waals surface area (Å²) in [6.07, 6.45) is 5.33. The maximum Gasteiger partial charge on any atom is 0.251 e. The number of benzene rings is 2. The van der Waals surface area contributed by atoms with E-state index in [9.17, 15) is 4.79 Å². The second-order valence-corrected chi connectivity index (χ2v) is 7.65. The average Bonchev–Trinajstić information content (AvgIpc) is 3.44. The maximum absolute atomic E-state index is 12.5. The molecule has 0 bridgehead atoms. The molecule has 0 spiro atoms. The van der Waals surface area contributed by atoms with Crippen LogP contribution in [0.3, 0.4) is 0 Å². The van der Waals surface area contributed by atoms with Gasteiger partial charge in [-0.2, -0.15) is 0 Å². The number of halogens is 1. The minimum absolute atomic E-state index is 0.0513. The molecule has 0 radical (unpaired) electrons. The number of nitrogens with zero attached hydrogens (tertiary/aromatic N) is 4. The zero-order valence-electron chi connectivity index (χ0n) is 15.8. The zero-order valence-corrected chi connectivity index (χ0v) is 16.5. The normalized spacial score (nSPS) is 13.6. The monoisotopic (exact) mass is 403 g/mol. The van der Waals surface area contributed by atoms with Crippen LogP contribution in [0.1, 0.15) is 28.8 Å². The largest absolute Gasteiger partial charge is 0.349 e. The van der Waals surface area contributed by atoms with E-state index in [0.29, 0.717) is 33.5 Å². The van der Waals surface area contributed by atoms with Gasteiger partial charge in [0.15, 0.2) is 5.65 Å². The van der Waals surface area contributed by atoms with E-state index in [-0.39, 0.29) is 5.91 Å². The molecule has 0 aliphatic heterocycles. The Kier molecular flexibility index (Phi) is 4.28. The molecule has 2 aromatic carbocycles. The number of hydrogen-bond donors (Lipinski definition) is 1. The first-order valence-electron chi connectivity index (χ1n) is 9.46. The van der Waals surface area contributed by atoms with Gasteiger partial charge in [-0.1, -0.05) is 35.9 Å². The summed E-state index contributed by atoms with van der Waals surface area (Å²) in [6, 6.07) is 13.5. The quantitative estimate of drug-likeness (QED) is 0.550.